The first-order valence-corrected chi connectivity index (χ1v) is 4.05. The van der Waals surface area contributed by atoms with E-state index in [-0.39, 0.29) is 6.10 Å². The van der Waals surface area contributed by atoms with Gasteiger partial charge in [0.15, 0.2) is 11.5 Å². The molecule has 1 aromatic carbocycles. The zero-order chi connectivity index (χ0) is 8.55. The van der Waals surface area contributed by atoms with E-state index in [1.165, 1.54) is 0 Å². The highest BCUT2D eigenvalue weighted by Gasteiger charge is 2.16. The van der Waals surface area contributed by atoms with E-state index >= 15 is 0 Å². The lowest BCUT2D eigenvalue weighted by Crippen LogP contribution is -2.25. The molecule has 63 valence electrons. The van der Waals surface area contributed by atoms with Gasteiger partial charge in [0.05, 0.1) is 0 Å². The van der Waals surface area contributed by atoms with E-state index in [1.54, 1.807) is 18.2 Å². The van der Waals surface area contributed by atoms with Crippen LogP contribution in [0.3, 0.4) is 0 Å². The number of ether oxygens (including phenoxy) is 2. The van der Waals surface area contributed by atoms with Crippen molar-refractivity contribution >= 4 is 11.6 Å². The van der Waals surface area contributed by atoms with Crippen molar-refractivity contribution in [3.63, 3.8) is 0 Å². The molecule has 1 atom stereocenters. The highest BCUT2D eigenvalue weighted by molar-refractivity contribution is 6.30. The molecular formula is C9H8ClO2. The predicted molar refractivity (Wildman–Crippen MR) is 46.7 cm³/mol. The van der Waals surface area contributed by atoms with Gasteiger partial charge in [-0.3, -0.25) is 0 Å². The van der Waals surface area contributed by atoms with Crippen molar-refractivity contribution in [2.45, 2.75) is 6.10 Å². The van der Waals surface area contributed by atoms with Crippen LogP contribution < -0.4 is 9.47 Å². The van der Waals surface area contributed by atoms with Crippen LogP contribution in [-0.4, -0.2) is 12.7 Å². The Morgan fingerprint density at radius 1 is 1.42 bits per heavy atom. The SMILES string of the molecule is [CH2]C1COc2ccc(Cl)cc2O1. The first-order chi connectivity index (χ1) is 5.75. The molecule has 0 aromatic heterocycles. The lowest BCUT2D eigenvalue weighted by atomic mass is 10.3. The smallest absolute Gasteiger partial charge is 0.163 e. The molecule has 0 fully saturated rings. The number of hydrogen-bond donors (Lipinski definition) is 0. The quantitative estimate of drug-likeness (QED) is 0.615. The zero-order valence-corrected chi connectivity index (χ0v) is 7.17. The maximum Gasteiger partial charge on any atom is 0.163 e. The minimum atomic E-state index is -0.143. The average Bonchev–Trinajstić information content (AvgIpc) is 2.03. The fourth-order valence-electron chi connectivity index (χ4n) is 1.09. The summed E-state index contributed by atoms with van der Waals surface area (Å²) < 4.78 is 10.7. The van der Waals surface area contributed by atoms with Gasteiger partial charge >= 0.3 is 0 Å². The molecular weight excluding hydrogens is 176 g/mol. The van der Waals surface area contributed by atoms with Gasteiger partial charge in [0.2, 0.25) is 0 Å². The highest BCUT2D eigenvalue weighted by Crippen LogP contribution is 2.33. The van der Waals surface area contributed by atoms with E-state index in [2.05, 4.69) is 6.92 Å². The summed E-state index contributed by atoms with van der Waals surface area (Å²) in [5, 5.41) is 0.645. The van der Waals surface area contributed by atoms with Gasteiger partial charge in [-0.2, -0.15) is 0 Å². The average molecular weight is 184 g/mol. The standard InChI is InChI=1S/C9H8ClO2/c1-6-5-11-8-3-2-7(10)4-9(8)12-6/h2-4,6H,1,5H2. The van der Waals surface area contributed by atoms with Crippen LogP contribution in [0.1, 0.15) is 0 Å². The number of halogens is 1. The minimum Gasteiger partial charge on any atom is -0.486 e. The van der Waals surface area contributed by atoms with Gasteiger partial charge in [-0.1, -0.05) is 11.6 Å². The summed E-state index contributed by atoms with van der Waals surface area (Å²) >= 11 is 5.77. The third kappa shape index (κ3) is 1.34. The Kier molecular flexibility index (Phi) is 1.85. The largest absolute Gasteiger partial charge is 0.486 e. The van der Waals surface area contributed by atoms with Crippen LogP contribution in [0.5, 0.6) is 11.5 Å². The van der Waals surface area contributed by atoms with Crippen molar-refractivity contribution in [2.75, 3.05) is 6.61 Å². The molecule has 2 nitrogen and oxygen atoms in total. The lowest BCUT2D eigenvalue weighted by molar-refractivity contribution is 0.121. The normalized spacial score (nSPS) is 20.7. The number of benzene rings is 1. The third-order valence-corrected chi connectivity index (χ3v) is 1.86. The predicted octanol–water partition coefficient (Wildman–Crippen LogP) is 2.31. The Bertz CT molecular complexity index is 299. The molecule has 0 saturated carbocycles. The van der Waals surface area contributed by atoms with Crippen molar-refractivity contribution in [3.8, 4) is 11.5 Å². The van der Waals surface area contributed by atoms with Gasteiger partial charge in [0.1, 0.15) is 12.7 Å². The van der Waals surface area contributed by atoms with Crippen LogP contribution in [0.4, 0.5) is 0 Å². The lowest BCUT2D eigenvalue weighted by Gasteiger charge is -2.23. The Morgan fingerprint density at radius 3 is 3.08 bits per heavy atom. The van der Waals surface area contributed by atoms with E-state index in [1.807, 2.05) is 0 Å². The van der Waals surface area contributed by atoms with E-state index in [0.717, 1.165) is 5.75 Å². The molecule has 0 aliphatic carbocycles. The van der Waals surface area contributed by atoms with Crippen LogP contribution in [0, 0.1) is 6.92 Å². The maximum absolute atomic E-state index is 5.77. The second-order valence-corrected chi connectivity index (χ2v) is 3.08. The van der Waals surface area contributed by atoms with Crippen molar-refractivity contribution in [2.24, 2.45) is 0 Å². The molecule has 1 aliphatic heterocycles. The summed E-state index contributed by atoms with van der Waals surface area (Å²) in [5.74, 6) is 1.41. The second-order valence-electron chi connectivity index (χ2n) is 2.64. The molecule has 1 aliphatic rings. The van der Waals surface area contributed by atoms with E-state index in [9.17, 15) is 0 Å². The van der Waals surface area contributed by atoms with Gasteiger partial charge in [-0.25, -0.2) is 0 Å². The van der Waals surface area contributed by atoms with Crippen molar-refractivity contribution in [1.29, 1.82) is 0 Å². The van der Waals surface area contributed by atoms with Crippen LogP contribution in [0.2, 0.25) is 5.02 Å². The van der Waals surface area contributed by atoms with Crippen LogP contribution in [-0.2, 0) is 0 Å². The minimum absolute atomic E-state index is 0.143. The summed E-state index contributed by atoms with van der Waals surface area (Å²) in [5.41, 5.74) is 0. The molecule has 0 saturated heterocycles. The fourth-order valence-corrected chi connectivity index (χ4v) is 1.25. The van der Waals surface area contributed by atoms with Gasteiger partial charge in [-0.05, 0) is 19.1 Å². The van der Waals surface area contributed by atoms with Crippen LogP contribution in [0.15, 0.2) is 18.2 Å². The molecule has 2 rings (SSSR count). The molecule has 1 radical (unpaired) electrons. The Morgan fingerprint density at radius 2 is 2.25 bits per heavy atom. The van der Waals surface area contributed by atoms with E-state index in [4.69, 9.17) is 21.1 Å². The molecule has 0 spiro atoms. The van der Waals surface area contributed by atoms with Gasteiger partial charge in [0, 0.05) is 11.1 Å². The highest BCUT2D eigenvalue weighted by atomic mass is 35.5. The van der Waals surface area contributed by atoms with E-state index in [0.29, 0.717) is 17.4 Å². The van der Waals surface area contributed by atoms with Crippen LogP contribution in [0.25, 0.3) is 0 Å². The van der Waals surface area contributed by atoms with Crippen molar-refractivity contribution in [1.82, 2.24) is 0 Å². The maximum atomic E-state index is 5.77. The van der Waals surface area contributed by atoms with Crippen molar-refractivity contribution < 1.29 is 9.47 Å². The monoisotopic (exact) mass is 183 g/mol. The number of fused-ring (bicyclic) bond motifs is 1. The number of hydrogen-bond acceptors (Lipinski definition) is 2. The first-order valence-electron chi connectivity index (χ1n) is 3.68. The van der Waals surface area contributed by atoms with Crippen LogP contribution >= 0.6 is 11.6 Å². The Hall–Kier alpha value is -0.890. The summed E-state index contributed by atoms with van der Waals surface area (Å²) in [6.45, 7) is 4.23. The summed E-state index contributed by atoms with van der Waals surface area (Å²) in [7, 11) is 0. The molecule has 12 heavy (non-hydrogen) atoms. The molecule has 1 unspecified atom stereocenters. The third-order valence-electron chi connectivity index (χ3n) is 1.62. The Labute approximate surface area is 76.1 Å². The van der Waals surface area contributed by atoms with Gasteiger partial charge < -0.3 is 9.47 Å². The first kappa shape index (κ1) is 7.74. The van der Waals surface area contributed by atoms with E-state index < -0.39 is 0 Å². The zero-order valence-electron chi connectivity index (χ0n) is 6.42. The summed E-state index contributed by atoms with van der Waals surface area (Å²) in [6.07, 6.45) is -0.143. The molecule has 0 amide bonds. The molecule has 0 N–H and O–H groups in total. The van der Waals surface area contributed by atoms with Gasteiger partial charge in [-0.15, -0.1) is 0 Å². The Balaban J connectivity index is 2.37. The molecule has 0 bridgehead atoms. The van der Waals surface area contributed by atoms with Crippen molar-refractivity contribution in [3.05, 3.63) is 30.1 Å². The molecule has 3 heteroatoms. The number of rotatable bonds is 0. The molecule has 1 heterocycles. The topological polar surface area (TPSA) is 18.5 Å². The summed E-state index contributed by atoms with van der Waals surface area (Å²) in [6, 6.07) is 5.30. The molecule has 1 aromatic rings. The fraction of sp³-hybridized carbons (Fsp3) is 0.222. The summed E-state index contributed by atoms with van der Waals surface area (Å²) in [4.78, 5) is 0. The second kappa shape index (κ2) is 2.87. The van der Waals surface area contributed by atoms with Gasteiger partial charge in [0.25, 0.3) is 0 Å².